The first-order valence-corrected chi connectivity index (χ1v) is 12.6. The predicted molar refractivity (Wildman–Crippen MR) is 141 cm³/mol. The molecule has 0 bridgehead atoms. The number of ether oxygens (including phenoxy) is 1. The Morgan fingerprint density at radius 3 is 2.29 bits per heavy atom. The van der Waals surface area contributed by atoms with Crippen LogP contribution in [-0.4, -0.2) is 25.5 Å². The molecule has 0 spiro atoms. The zero-order chi connectivity index (χ0) is 25.4. The molecular weight excluding hydrogens is 458 g/mol. The van der Waals surface area contributed by atoms with E-state index in [1.165, 1.54) is 16.9 Å². The Bertz CT molecular complexity index is 1390. The van der Waals surface area contributed by atoms with Crippen LogP contribution >= 0.6 is 11.3 Å². The molecule has 7 nitrogen and oxygen atoms in total. The Balaban J connectivity index is 1.45. The standard InChI is InChI=1S/C27H33N5O2S/c1-15-9-16(2)26(17(3)10-15)34-13-22-11-24(35-14-22)27(33)28-25-19(5)30-32(21(25)7)12-23-18(4)29-31(8)20(23)6/h9-11,14H,12-13H2,1-8H3,(H,28,33). The molecule has 3 heterocycles. The summed E-state index contributed by atoms with van der Waals surface area (Å²) >= 11 is 1.42. The predicted octanol–water partition coefficient (Wildman–Crippen LogP) is 5.72. The number of aromatic nitrogens is 4. The van der Waals surface area contributed by atoms with Crippen LogP contribution in [0.25, 0.3) is 0 Å². The van der Waals surface area contributed by atoms with Gasteiger partial charge in [-0.3, -0.25) is 14.2 Å². The van der Waals surface area contributed by atoms with E-state index in [0.717, 1.165) is 56.5 Å². The van der Waals surface area contributed by atoms with Crippen molar-refractivity contribution in [1.29, 1.82) is 0 Å². The summed E-state index contributed by atoms with van der Waals surface area (Å²) in [5.41, 5.74) is 10.2. The lowest BCUT2D eigenvalue weighted by Gasteiger charge is -2.12. The van der Waals surface area contributed by atoms with Crippen LogP contribution in [0, 0.1) is 48.5 Å². The van der Waals surface area contributed by atoms with Crippen molar-refractivity contribution in [2.45, 2.75) is 61.6 Å². The SMILES string of the molecule is Cc1cc(C)c(OCc2csc(C(=O)Nc3c(C)nn(Cc4c(C)nn(C)c4C)c3C)c2)c(C)c1. The number of rotatable bonds is 7. The quantitative estimate of drug-likeness (QED) is 0.359. The van der Waals surface area contributed by atoms with Crippen molar-refractivity contribution in [2.24, 2.45) is 7.05 Å². The number of benzene rings is 1. The number of anilines is 1. The summed E-state index contributed by atoms with van der Waals surface area (Å²) in [5.74, 6) is 0.772. The molecule has 0 saturated carbocycles. The van der Waals surface area contributed by atoms with Gasteiger partial charge in [-0.05, 0) is 71.0 Å². The molecule has 3 aromatic heterocycles. The maximum absolute atomic E-state index is 13.0. The van der Waals surface area contributed by atoms with Crippen LogP contribution in [0.1, 0.15) is 60.3 Å². The zero-order valence-corrected chi connectivity index (χ0v) is 22.6. The first-order valence-electron chi connectivity index (χ1n) is 11.7. The number of nitrogens with one attached hydrogen (secondary N) is 1. The largest absolute Gasteiger partial charge is 0.488 e. The van der Waals surface area contributed by atoms with Crippen LogP contribution in [0.15, 0.2) is 23.6 Å². The van der Waals surface area contributed by atoms with Crippen molar-refractivity contribution in [3.8, 4) is 5.75 Å². The van der Waals surface area contributed by atoms with Crippen LogP contribution in [0.4, 0.5) is 5.69 Å². The van der Waals surface area contributed by atoms with Gasteiger partial charge < -0.3 is 10.1 Å². The third-order valence-corrected chi connectivity index (χ3v) is 7.43. The van der Waals surface area contributed by atoms with Crippen LogP contribution in [0.3, 0.4) is 0 Å². The Morgan fingerprint density at radius 1 is 0.971 bits per heavy atom. The normalized spacial score (nSPS) is 11.2. The topological polar surface area (TPSA) is 74.0 Å². The minimum Gasteiger partial charge on any atom is -0.488 e. The van der Waals surface area contributed by atoms with Crippen molar-refractivity contribution in [2.75, 3.05) is 5.32 Å². The van der Waals surface area contributed by atoms with Crippen molar-refractivity contribution in [1.82, 2.24) is 19.6 Å². The van der Waals surface area contributed by atoms with Crippen LogP contribution in [0.2, 0.25) is 0 Å². The second-order valence-electron chi connectivity index (χ2n) is 9.27. The summed E-state index contributed by atoms with van der Waals surface area (Å²) < 4.78 is 9.91. The van der Waals surface area contributed by atoms with Gasteiger partial charge in [0.05, 0.1) is 34.2 Å². The van der Waals surface area contributed by atoms with E-state index >= 15 is 0 Å². The van der Waals surface area contributed by atoms with Crippen LogP contribution in [0.5, 0.6) is 5.75 Å². The molecule has 0 atom stereocenters. The fourth-order valence-electron chi connectivity index (χ4n) is 4.52. The van der Waals surface area contributed by atoms with Gasteiger partial charge in [-0.25, -0.2) is 0 Å². The van der Waals surface area contributed by atoms with Crippen LogP contribution in [-0.2, 0) is 20.2 Å². The Labute approximate surface area is 210 Å². The van der Waals surface area contributed by atoms with E-state index < -0.39 is 0 Å². The van der Waals surface area contributed by atoms with E-state index in [1.807, 2.05) is 48.6 Å². The van der Waals surface area contributed by atoms with Gasteiger partial charge in [-0.1, -0.05) is 17.7 Å². The van der Waals surface area contributed by atoms with Crippen molar-refractivity contribution in [3.63, 3.8) is 0 Å². The van der Waals surface area contributed by atoms with E-state index in [1.54, 1.807) is 0 Å². The van der Waals surface area contributed by atoms with Gasteiger partial charge in [0.2, 0.25) is 0 Å². The maximum atomic E-state index is 13.0. The summed E-state index contributed by atoms with van der Waals surface area (Å²) in [4.78, 5) is 13.7. The minimum atomic E-state index is -0.136. The molecule has 1 amide bonds. The molecule has 1 N–H and O–H groups in total. The molecule has 0 aliphatic rings. The van der Waals surface area contributed by atoms with Gasteiger partial charge in [-0.15, -0.1) is 11.3 Å². The summed E-state index contributed by atoms with van der Waals surface area (Å²) in [5, 5.41) is 14.2. The monoisotopic (exact) mass is 491 g/mol. The molecule has 35 heavy (non-hydrogen) atoms. The molecule has 4 aromatic rings. The van der Waals surface area contributed by atoms with Crippen molar-refractivity contribution < 1.29 is 9.53 Å². The number of hydrogen-bond donors (Lipinski definition) is 1. The molecule has 8 heteroatoms. The van der Waals surface area contributed by atoms with Gasteiger partial charge in [0, 0.05) is 23.9 Å². The molecule has 0 unspecified atom stereocenters. The van der Waals surface area contributed by atoms with Crippen molar-refractivity contribution in [3.05, 3.63) is 79.0 Å². The zero-order valence-electron chi connectivity index (χ0n) is 21.7. The number of thiophene rings is 1. The maximum Gasteiger partial charge on any atom is 0.265 e. The van der Waals surface area contributed by atoms with E-state index in [2.05, 4.69) is 55.3 Å². The molecule has 184 valence electrons. The van der Waals surface area contributed by atoms with E-state index in [9.17, 15) is 4.79 Å². The Kier molecular flexibility index (Phi) is 6.85. The first kappa shape index (κ1) is 24.7. The van der Waals surface area contributed by atoms with E-state index in [4.69, 9.17) is 4.74 Å². The summed E-state index contributed by atoms with van der Waals surface area (Å²) in [6.45, 7) is 15.2. The summed E-state index contributed by atoms with van der Waals surface area (Å²) in [6, 6.07) is 6.14. The highest BCUT2D eigenvalue weighted by Crippen LogP contribution is 2.27. The smallest absolute Gasteiger partial charge is 0.265 e. The van der Waals surface area contributed by atoms with Gasteiger partial charge in [0.15, 0.2) is 0 Å². The lowest BCUT2D eigenvalue weighted by atomic mass is 10.1. The Hall–Kier alpha value is -3.39. The molecule has 0 aliphatic carbocycles. The lowest BCUT2D eigenvalue weighted by molar-refractivity contribution is 0.103. The molecule has 4 rings (SSSR count). The Morgan fingerprint density at radius 2 is 1.66 bits per heavy atom. The molecule has 0 radical (unpaired) electrons. The second kappa shape index (κ2) is 9.70. The van der Waals surface area contributed by atoms with Gasteiger partial charge in [-0.2, -0.15) is 10.2 Å². The number of hydrogen-bond acceptors (Lipinski definition) is 5. The number of carbonyl (C=O) groups is 1. The van der Waals surface area contributed by atoms with Gasteiger partial charge in [0.1, 0.15) is 12.4 Å². The average molecular weight is 492 g/mol. The highest BCUT2D eigenvalue weighted by Gasteiger charge is 2.19. The third kappa shape index (κ3) is 5.03. The second-order valence-corrected chi connectivity index (χ2v) is 10.2. The van der Waals surface area contributed by atoms with E-state index in [-0.39, 0.29) is 5.91 Å². The van der Waals surface area contributed by atoms with E-state index in [0.29, 0.717) is 18.0 Å². The number of amides is 1. The van der Waals surface area contributed by atoms with Gasteiger partial charge >= 0.3 is 0 Å². The highest BCUT2D eigenvalue weighted by atomic mass is 32.1. The lowest BCUT2D eigenvalue weighted by Crippen LogP contribution is -2.12. The molecule has 0 aliphatic heterocycles. The number of nitrogens with zero attached hydrogens (tertiary/aromatic N) is 4. The number of aryl methyl sites for hydroxylation is 6. The molecular formula is C27H33N5O2S. The molecule has 1 aromatic carbocycles. The highest BCUT2D eigenvalue weighted by molar-refractivity contribution is 7.12. The number of carbonyl (C=O) groups excluding carboxylic acids is 1. The summed E-state index contributed by atoms with van der Waals surface area (Å²) in [7, 11) is 1.95. The summed E-state index contributed by atoms with van der Waals surface area (Å²) in [6.07, 6.45) is 0. The van der Waals surface area contributed by atoms with Gasteiger partial charge in [0.25, 0.3) is 5.91 Å². The first-order chi connectivity index (χ1) is 16.5. The fourth-order valence-corrected chi connectivity index (χ4v) is 5.32. The minimum absolute atomic E-state index is 0.136. The molecule has 0 saturated heterocycles. The average Bonchev–Trinajstić information content (AvgIpc) is 3.42. The molecule has 0 fully saturated rings. The van der Waals surface area contributed by atoms with Crippen molar-refractivity contribution >= 4 is 22.9 Å². The fraction of sp³-hybridized carbons (Fsp3) is 0.370. The third-order valence-electron chi connectivity index (χ3n) is 6.45. The van der Waals surface area contributed by atoms with Crippen LogP contribution < -0.4 is 10.1 Å².